The van der Waals surface area contributed by atoms with Crippen molar-refractivity contribution in [3.05, 3.63) is 47.8 Å². The lowest BCUT2D eigenvalue weighted by Crippen LogP contribution is -2.29. The van der Waals surface area contributed by atoms with E-state index < -0.39 is 11.9 Å². The van der Waals surface area contributed by atoms with Crippen molar-refractivity contribution in [1.29, 1.82) is 0 Å². The molecule has 2 rings (SSSR count). The van der Waals surface area contributed by atoms with Crippen LogP contribution in [0, 0.1) is 0 Å². The highest BCUT2D eigenvalue weighted by Gasteiger charge is 2.19. The Labute approximate surface area is 122 Å². The van der Waals surface area contributed by atoms with Crippen LogP contribution in [0.15, 0.2) is 36.7 Å². The van der Waals surface area contributed by atoms with E-state index in [1.165, 1.54) is 13.2 Å². The molecule has 0 aliphatic heterocycles. The Hall–Kier alpha value is -2.67. The number of para-hydroxylation sites is 1. The molecular formula is C14H17N5O2. The van der Waals surface area contributed by atoms with E-state index in [1.807, 2.05) is 0 Å². The van der Waals surface area contributed by atoms with Gasteiger partial charge in [0.15, 0.2) is 0 Å². The van der Waals surface area contributed by atoms with Crippen molar-refractivity contribution in [2.24, 2.45) is 12.8 Å². The zero-order valence-corrected chi connectivity index (χ0v) is 11.8. The largest absolute Gasteiger partial charge is 0.355 e. The van der Waals surface area contributed by atoms with E-state index in [2.05, 4.69) is 15.7 Å². The molecule has 4 N–H and O–H groups in total. The summed E-state index contributed by atoms with van der Waals surface area (Å²) in [5.74, 6) is -0.680. The monoisotopic (exact) mass is 287 g/mol. The summed E-state index contributed by atoms with van der Waals surface area (Å²) in [5.41, 5.74) is 7.30. The van der Waals surface area contributed by atoms with Gasteiger partial charge in [0.05, 0.1) is 17.4 Å². The highest BCUT2D eigenvalue weighted by atomic mass is 16.2. The minimum absolute atomic E-state index is 0.277. The molecule has 21 heavy (non-hydrogen) atoms. The van der Waals surface area contributed by atoms with E-state index in [9.17, 15) is 9.59 Å². The molecule has 0 aliphatic rings. The van der Waals surface area contributed by atoms with Crippen molar-refractivity contribution in [3.8, 4) is 0 Å². The summed E-state index contributed by atoms with van der Waals surface area (Å²) in [4.78, 5) is 23.9. The molecule has 7 nitrogen and oxygen atoms in total. The van der Waals surface area contributed by atoms with Gasteiger partial charge >= 0.3 is 0 Å². The lowest BCUT2D eigenvalue weighted by Gasteiger charge is -2.13. The summed E-state index contributed by atoms with van der Waals surface area (Å²) in [5, 5.41) is 9.17. The van der Waals surface area contributed by atoms with Crippen LogP contribution in [0.5, 0.6) is 0 Å². The average Bonchev–Trinajstić information content (AvgIpc) is 2.92. The Morgan fingerprint density at radius 2 is 2.05 bits per heavy atom. The molecule has 0 saturated heterocycles. The van der Waals surface area contributed by atoms with E-state index in [0.29, 0.717) is 16.8 Å². The zero-order chi connectivity index (χ0) is 15.4. The van der Waals surface area contributed by atoms with Gasteiger partial charge < -0.3 is 16.4 Å². The molecule has 0 bridgehead atoms. The molecule has 7 heteroatoms. The molecular weight excluding hydrogens is 270 g/mol. The molecule has 0 radical (unpaired) electrons. The number of nitrogens with one attached hydrogen (secondary N) is 2. The van der Waals surface area contributed by atoms with Crippen LogP contribution in [0.3, 0.4) is 0 Å². The number of nitrogens with two attached hydrogens (primary N) is 1. The molecule has 110 valence electrons. The maximum absolute atomic E-state index is 12.2. The molecule has 2 amide bonds. The highest BCUT2D eigenvalue weighted by Crippen LogP contribution is 2.17. The molecule has 2 aromatic rings. The lowest BCUT2D eigenvalue weighted by atomic mass is 10.1. The number of rotatable bonds is 4. The second-order valence-corrected chi connectivity index (χ2v) is 4.54. The third-order valence-corrected chi connectivity index (χ3v) is 3.02. The Kier molecular flexibility index (Phi) is 4.34. The van der Waals surface area contributed by atoms with E-state index in [-0.39, 0.29) is 5.91 Å². The number of aromatic nitrogens is 2. The van der Waals surface area contributed by atoms with Crippen LogP contribution in [-0.4, -0.2) is 28.6 Å². The van der Waals surface area contributed by atoms with Crippen LogP contribution < -0.4 is 16.4 Å². The van der Waals surface area contributed by atoms with Gasteiger partial charge in [-0.15, -0.1) is 0 Å². The normalized spacial score (nSPS) is 11.8. The predicted molar refractivity (Wildman–Crippen MR) is 78.6 cm³/mol. The number of carbonyl (C=O) groups excluding carboxylic acids is 2. The number of carbonyl (C=O) groups is 2. The first-order valence-corrected chi connectivity index (χ1v) is 6.39. The van der Waals surface area contributed by atoms with Gasteiger partial charge in [0.2, 0.25) is 5.91 Å². The topological polar surface area (TPSA) is 102 Å². The van der Waals surface area contributed by atoms with Gasteiger partial charge in [0.1, 0.15) is 6.04 Å². The third-order valence-electron chi connectivity index (χ3n) is 3.02. The van der Waals surface area contributed by atoms with E-state index in [1.54, 1.807) is 42.2 Å². The number of nitrogens with zero attached hydrogens (tertiary/aromatic N) is 2. The fourth-order valence-corrected chi connectivity index (χ4v) is 1.89. The van der Waals surface area contributed by atoms with Crippen molar-refractivity contribution >= 4 is 17.5 Å². The van der Waals surface area contributed by atoms with Crippen LogP contribution in [0.1, 0.15) is 22.0 Å². The second-order valence-electron chi connectivity index (χ2n) is 4.54. The van der Waals surface area contributed by atoms with Gasteiger partial charge in [-0.2, -0.15) is 5.10 Å². The maximum Gasteiger partial charge on any atom is 0.253 e. The summed E-state index contributed by atoms with van der Waals surface area (Å²) in [6.07, 6.45) is 3.21. The van der Waals surface area contributed by atoms with Gasteiger partial charge in [-0.05, 0) is 12.1 Å². The Morgan fingerprint density at radius 3 is 2.67 bits per heavy atom. The molecule has 0 aliphatic carbocycles. The van der Waals surface area contributed by atoms with Crippen molar-refractivity contribution in [2.45, 2.75) is 6.04 Å². The van der Waals surface area contributed by atoms with Crippen LogP contribution in [0.25, 0.3) is 0 Å². The van der Waals surface area contributed by atoms with Crippen LogP contribution in [-0.2, 0) is 11.8 Å². The standard InChI is InChI=1S/C14H17N5O2/c1-16-13(20)10-5-3-4-6-11(10)18-14(21)12(15)9-7-17-19(2)8-9/h3-8,12H,15H2,1-2H3,(H,16,20)(H,18,21). The summed E-state index contributed by atoms with van der Waals surface area (Å²) < 4.78 is 1.57. The number of benzene rings is 1. The average molecular weight is 287 g/mol. The van der Waals surface area contributed by atoms with Gasteiger partial charge in [-0.1, -0.05) is 12.1 Å². The molecule has 1 aromatic heterocycles. The van der Waals surface area contributed by atoms with Crippen LogP contribution in [0.2, 0.25) is 0 Å². The molecule has 0 spiro atoms. The minimum atomic E-state index is -0.851. The smallest absolute Gasteiger partial charge is 0.253 e. The molecule has 1 atom stereocenters. The minimum Gasteiger partial charge on any atom is -0.355 e. The summed E-state index contributed by atoms with van der Waals surface area (Å²) in [7, 11) is 3.28. The fraction of sp³-hybridized carbons (Fsp3) is 0.214. The van der Waals surface area contributed by atoms with E-state index >= 15 is 0 Å². The Morgan fingerprint density at radius 1 is 1.33 bits per heavy atom. The van der Waals surface area contributed by atoms with Gasteiger partial charge in [0.25, 0.3) is 5.91 Å². The summed E-state index contributed by atoms with van der Waals surface area (Å²) in [6, 6.07) is 5.89. The highest BCUT2D eigenvalue weighted by molar-refractivity contribution is 6.04. The Bertz CT molecular complexity index is 665. The lowest BCUT2D eigenvalue weighted by molar-refractivity contribution is -0.117. The predicted octanol–water partition coefficient (Wildman–Crippen LogP) is 0.418. The number of hydrogen-bond donors (Lipinski definition) is 3. The molecule has 1 aromatic carbocycles. The van der Waals surface area contributed by atoms with Crippen molar-refractivity contribution in [2.75, 3.05) is 12.4 Å². The first kappa shape index (κ1) is 14.7. The van der Waals surface area contributed by atoms with Gasteiger partial charge in [-0.3, -0.25) is 14.3 Å². The van der Waals surface area contributed by atoms with E-state index in [0.717, 1.165) is 0 Å². The Balaban J connectivity index is 2.18. The van der Waals surface area contributed by atoms with E-state index in [4.69, 9.17) is 5.73 Å². The van der Waals surface area contributed by atoms with Crippen LogP contribution >= 0.6 is 0 Å². The summed E-state index contributed by atoms with van der Waals surface area (Å²) in [6.45, 7) is 0. The van der Waals surface area contributed by atoms with Crippen molar-refractivity contribution in [1.82, 2.24) is 15.1 Å². The zero-order valence-electron chi connectivity index (χ0n) is 11.8. The maximum atomic E-state index is 12.2. The van der Waals surface area contributed by atoms with Crippen molar-refractivity contribution in [3.63, 3.8) is 0 Å². The second kappa shape index (κ2) is 6.19. The number of hydrogen-bond acceptors (Lipinski definition) is 4. The van der Waals surface area contributed by atoms with Gasteiger partial charge in [-0.25, -0.2) is 0 Å². The quantitative estimate of drug-likeness (QED) is 0.758. The number of aryl methyl sites for hydroxylation is 1. The molecule has 0 fully saturated rings. The fourth-order valence-electron chi connectivity index (χ4n) is 1.89. The van der Waals surface area contributed by atoms with Gasteiger partial charge in [0, 0.05) is 25.9 Å². The number of anilines is 1. The first-order valence-electron chi connectivity index (χ1n) is 6.39. The SMILES string of the molecule is CNC(=O)c1ccccc1NC(=O)C(N)c1cnn(C)c1. The molecule has 0 saturated carbocycles. The first-order chi connectivity index (χ1) is 10.0. The number of amides is 2. The molecule has 1 unspecified atom stereocenters. The third kappa shape index (κ3) is 3.26. The molecule has 1 heterocycles. The van der Waals surface area contributed by atoms with Crippen LogP contribution in [0.4, 0.5) is 5.69 Å². The summed E-state index contributed by atoms with van der Waals surface area (Å²) >= 11 is 0. The van der Waals surface area contributed by atoms with Crippen molar-refractivity contribution < 1.29 is 9.59 Å².